The molecule has 0 saturated heterocycles. The van der Waals surface area contributed by atoms with E-state index in [-0.39, 0.29) is 0 Å². The van der Waals surface area contributed by atoms with Crippen molar-refractivity contribution in [3.8, 4) is 39.1 Å². The molecule has 1 aromatic heterocycles. The maximum Gasteiger partial charge on any atom is 0.0542 e. The zero-order chi connectivity index (χ0) is 43.6. The normalized spacial score (nSPS) is 11.6. The molecule has 12 aromatic carbocycles. The van der Waals surface area contributed by atoms with Gasteiger partial charge >= 0.3 is 0 Å². The van der Waals surface area contributed by atoms with Gasteiger partial charge in [-0.3, -0.25) is 0 Å². The molecule has 0 atom stereocenters. The second kappa shape index (κ2) is 15.5. The molecule has 13 rings (SSSR count). The molecule has 0 aliphatic rings. The van der Waals surface area contributed by atoms with Gasteiger partial charge in [0.15, 0.2) is 0 Å². The van der Waals surface area contributed by atoms with Crippen LogP contribution in [0.4, 0.5) is 17.1 Å². The molecular formula is C64H42N2. The van der Waals surface area contributed by atoms with E-state index in [1.54, 1.807) is 0 Å². The van der Waals surface area contributed by atoms with Crippen molar-refractivity contribution in [2.24, 2.45) is 0 Å². The smallest absolute Gasteiger partial charge is 0.0542 e. The van der Waals surface area contributed by atoms with E-state index in [1.165, 1.54) is 98.3 Å². The summed E-state index contributed by atoms with van der Waals surface area (Å²) in [6, 6.07) is 93.3. The Labute approximate surface area is 383 Å². The van der Waals surface area contributed by atoms with Crippen molar-refractivity contribution in [2.75, 3.05) is 4.90 Å². The molecule has 0 aliphatic carbocycles. The molecule has 2 heteroatoms. The number of aromatic nitrogens is 1. The van der Waals surface area contributed by atoms with E-state index in [0.717, 1.165) is 22.7 Å². The maximum absolute atomic E-state index is 2.41. The Kier molecular flexibility index (Phi) is 8.89. The number of rotatable bonds is 7. The average Bonchev–Trinajstić information content (AvgIpc) is 3.72. The third-order valence-corrected chi connectivity index (χ3v) is 13.5. The fourth-order valence-electron chi connectivity index (χ4n) is 10.6. The number of para-hydroxylation sites is 2. The minimum atomic E-state index is 1.09. The number of nitrogens with zero attached hydrogens (tertiary/aromatic N) is 2. The summed E-state index contributed by atoms with van der Waals surface area (Å²) in [7, 11) is 0. The van der Waals surface area contributed by atoms with Crippen LogP contribution in [0.15, 0.2) is 255 Å². The van der Waals surface area contributed by atoms with Crippen LogP contribution in [0.25, 0.3) is 104 Å². The van der Waals surface area contributed by atoms with Gasteiger partial charge in [0.2, 0.25) is 0 Å². The summed E-state index contributed by atoms with van der Waals surface area (Å²) in [4.78, 5) is 2.41. The summed E-state index contributed by atoms with van der Waals surface area (Å²) in [5.41, 5.74) is 14.2. The Hall–Kier alpha value is -8.72. The Morgan fingerprint density at radius 2 is 0.758 bits per heavy atom. The van der Waals surface area contributed by atoms with Crippen LogP contribution in [0.3, 0.4) is 0 Å². The number of fused-ring (bicyclic) bond motifs is 7. The minimum absolute atomic E-state index is 1.09. The van der Waals surface area contributed by atoms with Gasteiger partial charge in [-0.15, -0.1) is 0 Å². The highest BCUT2D eigenvalue weighted by Crippen LogP contribution is 2.46. The number of benzene rings is 12. The first kappa shape index (κ1) is 37.8. The Morgan fingerprint density at radius 1 is 0.258 bits per heavy atom. The lowest BCUT2D eigenvalue weighted by atomic mass is 9.85. The second-order valence-corrected chi connectivity index (χ2v) is 17.3. The zero-order valence-corrected chi connectivity index (χ0v) is 36.1. The zero-order valence-electron chi connectivity index (χ0n) is 36.1. The third kappa shape index (κ3) is 6.18. The van der Waals surface area contributed by atoms with Gasteiger partial charge in [-0.1, -0.05) is 188 Å². The largest absolute Gasteiger partial charge is 0.310 e. The summed E-state index contributed by atoms with van der Waals surface area (Å²) in [6.45, 7) is 0. The van der Waals surface area contributed by atoms with Crippen molar-refractivity contribution in [3.63, 3.8) is 0 Å². The van der Waals surface area contributed by atoms with E-state index in [0.29, 0.717) is 0 Å². The van der Waals surface area contributed by atoms with Gasteiger partial charge in [0.05, 0.1) is 11.0 Å². The quantitative estimate of drug-likeness (QED) is 0.145. The molecule has 0 spiro atoms. The monoisotopic (exact) mass is 838 g/mol. The number of hydrogen-bond acceptors (Lipinski definition) is 1. The van der Waals surface area contributed by atoms with Crippen LogP contribution in [0.5, 0.6) is 0 Å². The van der Waals surface area contributed by atoms with Crippen LogP contribution in [0.1, 0.15) is 0 Å². The van der Waals surface area contributed by atoms with Gasteiger partial charge < -0.3 is 9.47 Å². The van der Waals surface area contributed by atoms with Crippen LogP contribution in [0, 0.1) is 0 Å². The molecule has 1 heterocycles. The number of hydrogen-bond donors (Lipinski definition) is 0. The standard InChI is InChI=1S/C64H42N2/c1-3-17-45(18-4-1)63-56-24-9-11-26-58(56)64(59-27-12-10-25-57(59)63)48-31-30-47-41-51(37-34-46(47)40-48)65(50-35-32-44(33-36-50)54-28-15-19-43-16-7-8-22-53(43)54)52-38-39-62-60(42-52)55-23-13-14-29-61(55)66(62)49-20-5-2-6-21-49/h1-42H. The molecule has 308 valence electrons. The van der Waals surface area contributed by atoms with Crippen molar-refractivity contribution >= 4 is 82.0 Å². The molecule has 66 heavy (non-hydrogen) atoms. The molecule has 0 bridgehead atoms. The molecule has 2 nitrogen and oxygen atoms in total. The van der Waals surface area contributed by atoms with Crippen LogP contribution >= 0.6 is 0 Å². The van der Waals surface area contributed by atoms with Gasteiger partial charge in [0.1, 0.15) is 0 Å². The minimum Gasteiger partial charge on any atom is -0.310 e. The molecule has 0 N–H and O–H groups in total. The lowest BCUT2D eigenvalue weighted by Gasteiger charge is -2.26. The van der Waals surface area contributed by atoms with Crippen LogP contribution in [-0.4, -0.2) is 4.57 Å². The first-order valence-electron chi connectivity index (χ1n) is 22.8. The second-order valence-electron chi connectivity index (χ2n) is 17.3. The Bertz CT molecular complexity index is 3920. The predicted molar refractivity (Wildman–Crippen MR) is 282 cm³/mol. The maximum atomic E-state index is 2.41. The van der Waals surface area contributed by atoms with Gasteiger partial charge in [-0.2, -0.15) is 0 Å². The summed E-state index contributed by atoms with van der Waals surface area (Å²) in [5.74, 6) is 0. The molecule has 0 aliphatic heterocycles. The molecular weight excluding hydrogens is 797 g/mol. The lowest BCUT2D eigenvalue weighted by molar-refractivity contribution is 1.18. The van der Waals surface area contributed by atoms with E-state index in [9.17, 15) is 0 Å². The molecule has 0 fully saturated rings. The molecule has 0 unspecified atom stereocenters. The highest BCUT2D eigenvalue weighted by molar-refractivity contribution is 6.22. The number of anilines is 3. The highest BCUT2D eigenvalue weighted by Gasteiger charge is 2.20. The SMILES string of the molecule is c1ccc(-c2c3ccccc3c(-c3ccc4cc(N(c5ccc(-c6cccc7ccccc67)cc5)c5ccc6c(c5)c5ccccc5n6-c5ccccc5)ccc4c3)c3ccccc23)cc1. The van der Waals surface area contributed by atoms with Crippen molar-refractivity contribution in [2.45, 2.75) is 0 Å². The molecule has 0 radical (unpaired) electrons. The van der Waals surface area contributed by atoms with Crippen molar-refractivity contribution in [1.82, 2.24) is 4.57 Å². The fourth-order valence-corrected chi connectivity index (χ4v) is 10.6. The van der Waals surface area contributed by atoms with Gasteiger partial charge in [-0.25, -0.2) is 0 Å². The van der Waals surface area contributed by atoms with E-state index in [2.05, 4.69) is 264 Å². The first-order chi connectivity index (χ1) is 32.7. The highest BCUT2D eigenvalue weighted by atomic mass is 15.1. The Balaban J connectivity index is 0.973. The van der Waals surface area contributed by atoms with Crippen molar-refractivity contribution in [3.05, 3.63) is 255 Å². The van der Waals surface area contributed by atoms with Gasteiger partial charge in [0, 0.05) is 33.5 Å². The molecule has 0 amide bonds. The summed E-state index contributed by atoms with van der Waals surface area (Å²) in [6.07, 6.45) is 0. The van der Waals surface area contributed by atoms with Crippen LogP contribution in [0.2, 0.25) is 0 Å². The first-order valence-corrected chi connectivity index (χ1v) is 22.8. The van der Waals surface area contributed by atoms with Crippen molar-refractivity contribution in [1.29, 1.82) is 0 Å². The topological polar surface area (TPSA) is 8.17 Å². The van der Waals surface area contributed by atoms with Crippen LogP contribution < -0.4 is 4.90 Å². The fraction of sp³-hybridized carbons (Fsp3) is 0. The summed E-state index contributed by atoms with van der Waals surface area (Å²) >= 11 is 0. The molecule has 0 saturated carbocycles. The summed E-state index contributed by atoms with van der Waals surface area (Å²) < 4.78 is 2.38. The van der Waals surface area contributed by atoms with E-state index in [1.807, 2.05) is 0 Å². The van der Waals surface area contributed by atoms with E-state index >= 15 is 0 Å². The molecule has 13 aromatic rings. The predicted octanol–water partition coefficient (Wildman–Crippen LogP) is 17.9. The Morgan fingerprint density at radius 3 is 1.48 bits per heavy atom. The summed E-state index contributed by atoms with van der Waals surface area (Å²) in [5, 5.41) is 12.4. The third-order valence-electron chi connectivity index (χ3n) is 13.5. The van der Waals surface area contributed by atoms with Crippen molar-refractivity contribution < 1.29 is 0 Å². The van der Waals surface area contributed by atoms with Crippen LogP contribution in [-0.2, 0) is 0 Å². The van der Waals surface area contributed by atoms with Gasteiger partial charge in [0.25, 0.3) is 0 Å². The van der Waals surface area contributed by atoms with E-state index in [4.69, 9.17) is 0 Å². The average molecular weight is 839 g/mol. The van der Waals surface area contributed by atoms with E-state index < -0.39 is 0 Å². The lowest BCUT2D eigenvalue weighted by Crippen LogP contribution is -2.10. The van der Waals surface area contributed by atoms with Gasteiger partial charge in [-0.05, 0) is 143 Å².